The van der Waals surface area contributed by atoms with Crippen molar-refractivity contribution >= 4 is 23.0 Å². The highest BCUT2D eigenvalue weighted by Crippen LogP contribution is 2.38. The van der Waals surface area contributed by atoms with Crippen LogP contribution in [0, 0.1) is 19.8 Å². The predicted molar refractivity (Wildman–Crippen MR) is 98.0 cm³/mol. The van der Waals surface area contributed by atoms with Gasteiger partial charge in [-0.2, -0.15) is 0 Å². The Balaban J connectivity index is 1.79. The molecule has 0 N–H and O–H groups in total. The van der Waals surface area contributed by atoms with Gasteiger partial charge in [-0.3, -0.25) is 9.79 Å². The monoisotopic (exact) mass is 318 g/mol. The second kappa shape index (κ2) is 5.90. The van der Waals surface area contributed by atoms with Crippen LogP contribution in [0.25, 0.3) is 0 Å². The Hall–Kier alpha value is -2.42. The molecule has 1 heterocycles. The van der Waals surface area contributed by atoms with Crippen LogP contribution < -0.4 is 4.90 Å². The molecule has 2 aromatic rings. The van der Waals surface area contributed by atoms with Crippen LogP contribution in [-0.2, 0) is 11.3 Å². The van der Waals surface area contributed by atoms with Gasteiger partial charge in [-0.05, 0) is 56.4 Å². The van der Waals surface area contributed by atoms with Gasteiger partial charge in [0.25, 0.3) is 0 Å². The molecule has 0 bridgehead atoms. The number of nitrogens with zero attached hydrogens (tertiary/aromatic N) is 2. The minimum absolute atomic E-state index is 0.0393. The fraction of sp³-hybridized carbons (Fsp3) is 0.333. The van der Waals surface area contributed by atoms with Crippen molar-refractivity contribution in [3.05, 3.63) is 59.2 Å². The van der Waals surface area contributed by atoms with Gasteiger partial charge in [-0.15, -0.1) is 0 Å². The van der Waals surface area contributed by atoms with E-state index in [1.807, 2.05) is 29.2 Å². The van der Waals surface area contributed by atoms with Crippen molar-refractivity contribution in [1.29, 1.82) is 0 Å². The molecule has 3 heteroatoms. The van der Waals surface area contributed by atoms with E-state index in [0.717, 1.165) is 36.3 Å². The van der Waals surface area contributed by atoms with Crippen molar-refractivity contribution in [2.75, 3.05) is 4.90 Å². The standard InChI is InChI=1S/C21H22N2O/c1-14-10-11-15(2)16(12-14)13-23-20-9-4-3-7-19(20)22-18-8-5-6-17(18)21(23)24/h3-4,7,9-12,17H,5-6,8,13H2,1-2H3/t17-/m0/s1. The summed E-state index contributed by atoms with van der Waals surface area (Å²) in [4.78, 5) is 20.0. The summed E-state index contributed by atoms with van der Waals surface area (Å²) in [6.07, 6.45) is 2.94. The summed E-state index contributed by atoms with van der Waals surface area (Å²) >= 11 is 0. The van der Waals surface area contributed by atoms with Gasteiger partial charge in [0.05, 0.1) is 23.8 Å². The van der Waals surface area contributed by atoms with Gasteiger partial charge in [0.15, 0.2) is 0 Å². The molecule has 3 nitrogen and oxygen atoms in total. The molecule has 1 aliphatic heterocycles. The summed E-state index contributed by atoms with van der Waals surface area (Å²) in [6, 6.07) is 14.5. The molecule has 1 fully saturated rings. The lowest BCUT2D eigenvalue weighted by Gasteiger charge is -2.25. The van der Waals surface area contributed by atoms with Crippen LogP contribution in [0.1, 0.15) is 36.0 Å². The molecule has 1 aliphatic carbocycles. The van der Waals surface area contributed by atoms with E-state index in [1.165, 1.54) is 16.7 Å². The van der Waals surface area contributed by atoms with Crippen LogP contribution in [0.3, 0.4) is 0 Å². The van der Waals surface area contributed by atoms with Crippen molar-refractivity contribution in [2.24, 2.45) is 10.9 Å². The number of hydrogen-bond donors (Lipinski definition) is 0. The summed E-state index contributed by atoms with van der Waals surface area (Å²) < 4.78 is 0. The summed E-state index contributed by atoms with van der Waals surface area (Å²) in [6.45, 7) is 4.82. The number of aliphatic imine (C=N–C) groups is 1. The Kier molecular flexibility index (Phi) is 3.72. The number of hydrogen-bond acceptors (Lipinski definition) is 2. The number of rotatable bonds is 2. The van der Waals surface area contributed by atoms with Gasteiger partial charge in [-0.25, -0.2) is 0 Å². The number of fused-ring (bicyclic) bond motifs is 2. The Bertz CT molecular complexity index is 837. The minimum atomic E-state index is -0.0393. The fourth-order valence-electron chi connectivity index (χ4n) is 3.78. The molecule has 0 radical (unpaired) electrons. The number of benzene rings is 2. The van der Waals surface area contributed by atoms with Gasteiger partial charge in [0, 0.05) is 5.71 Å². The maximum Gasteiger partial charge on any atom is 0.236 e. The third-order valence-electron chi connectivity index (χ3n) is 5.16. The molecule has 0 unspecified atom stereocenters. The van der Waals surface area contributed by atoms with E-state index in [2.05, 4.69) is 32.0 Å². The molecule has 2 aliphatic rings. The van der Waals surface area contributed by atoms with E-state index >= 15 is 0 Å². The normalized spacial score (nSPS) is 19.6. The third-order valence-corrected chi connectivity index (χ3v) is 5.16. The molecule has 1 amide bonds. The lowest BCUT2D eigenvalue weighted by molar-refractivity contribution is -0.120. The highest BCUT2D eigenvalue weighted by molar-refractivity contribution is 6.14. The SMILES string of the molecule is Cc1ccc(C)c(CN2C(=O)[C@H]3CCCC3=Nc3ccccc32)c1. The number of carbonyl (C=O) groups excluding carboxylic acids is 1. The predicted octanol–water partition coefficient (Wildman–Crippen LogP) is 4.72. The molecule has 0 saturated heterocycles. The Morgan fingerprint density at radius 2 is 2.00 bits per heavy atom. The first kappa shape index (κ1) is 15.1. The first-order valence-corrected chi connectivity index (χ1v) is 8.67. The van der Waals surface area contributed by atoms with Crippen molar-refractivity contribution in [2.45, 2.75) is 39.7 Å². The van der Waals surface area contributed by atoms with Crippen molar-refractivity contribution in [3.63, 3.8) is 0 Å². The fourth-order valence-corrected chi connectivity index (χ4v) is 3.78. The van der Waals surface area contributed by atoms with Crippen molar-refractivity contribution < 1.29 is 4.79 Å². The maximum absolute atomic E-state index is 13.2. The van der Waals surface area contributed by atoms with Crippen LogP contribution in [0.5, 0.6) is 0 Å². The summed E-state index contributed by atoms with van der Waals surface area (Å²) in [5.74, 6) is 0.166. The second-order valence-electron chi connectivity index (χ2n) is 6.89. The molecule has 0 spiro atoms. The molecule has 1 saturated carbocycles. The van der Waals surface area contributed by atoms with Gasteiger partial charge in [0.2, 0.25) is 5.91 Å². The molecule has 0 aromatic heterocycles. The smallest absolute Gasteiger partial charge is 0.236 e. The lowest BCUT2D eigenvalue weighted by atomic mass is 10.0. The van der Waals surface area contributed by atoms with Crippen LogP contribution in [0.4, 0.5) is 11.4 Å². The number of carbonyl (C=O) groups is 1. The zero-order valence-electron chi connectivity index (χ0n) is 14.2. The molecule has 24 heavy (non-hydrogen) atoms. The van der Waals surface area contributed by atoms with Crippen LogP contribution >= 0.6 is 0 Å². The van der Waals surface area contributed by atoms with E-state index in [-0.39, 0.29) is 11.8 Å². The maximum atomic E-state index is 13.2. The Morgan fingerprint density at radius 1 is 1.17 bits per heavy atom. The molecule has 2 aromatic carbocycles. The average Bonchev–Trinajstić information content (AvgIpc) is 3.00. The van der Waals surface area contributed by atoms with Crippen molar-refractivity contribution in [3.8, 4) is 0 Å². The first-order chi connectivity index (χ1) is 11.6. The van der Waals surface area contributed by atoms with Crippen LogP contribution in [-0.4, -0.2) is 11.6 Å². The zero-order valence-corrected chi connectivity index (χ0v) is 14.2. The molecule has 122 valence electrons. The second-order valence-corrected chi connectivity index (χ2v) is 6.89. The summed E-state index contributed by atoms with van der Waals surface area (Å²) in [7, 11) is 0. The van der Waals surface area contributed by atoms with Gasteiger partial charge in [0.1, 0.15) is 0 Å². The summed E-state index contributed by atoms with van der Waals surface area (Å²) in [5, 5.41) is 0. The van der Waals surface area contributed by atoms with Crippen LogP contribution in [0.15, 0.2) is 47.5 Å². The lowest BCUT2D eigenvalue weighted by Crippen LogP contribution is -2.36. The van der Waals surface area contributed by atoms with E-state index in [1.54, 1.807) is 0 Å². The van der Waals surface area contributed by atoms with Gasteiger partial charge >= 0.3 is 0 Å². The first-order valence-electron chi connectivity index (χ1n) is 8.67. The molecular weight excluding hydrogens is 296 g/mol. The van der Waals surface area contributed by atoms with E-state index in [9.17, 15) is 4.79 Å². The number of amides is 1. The van der Waals surface area contributed by atoms with Crippen molar-refractivity contribution in [1.82, 2.24) is 0 Å². The minimum Gasteiger partial charge on any atom is -0.305 e. The quantitative estimate of drug-likeness (QED) is 0.788. The zero-order chi connectivity index (χ0) is 16.7. The molecule has 1 atom stereocenters. The number of aryl methyl sites for hydroxylation is 2. The molecular formula is C21H22N2O. The van der Waals surface area contributed by atoms with Gasteiger partial charge < -0.3 is 4.90 Å². The van der Waals surface area contributed by atoms with Crippen LogP contribution in [0.2, 0.25) is 0 Å². The largest absolute Gasteiger partial charge is 0.305 e. The Labute approximate surface area is 143 Å². The summed E-state index contributed by atoms with van der Waals surface area (Å²) in [5.41, 5.74) is 6.59. The molecule has 4 rings (SSSR count). The highest BCUT2D eigenvalue weighted by Gasteiger charge is 2.36. The Morgan fingerprint density at radius 3 is 2.88 bits per heavy atom. The third kappa shape index (κ3) is 2.54. The number of para-hydroxylation sites is 2. The van der Waals surface area contributed by atoms with E-state index < -0.39 is 0 Å². The highest BCUT2D eigenvalue weighted by atomic mass is 16.2. The van der Waals surface area contributed by atoms with E-state index in [0.29, 0.717) is 6.54 Å². The topological polar surface area (TPSA) is 32.7 Å². The van der Waals surface area contributed by atoms with E-state index in [4.69, 9.17) is 4.99 Å². The average molecular weight is 318 g/mol. The van der Waals surface area contributed by atoms with Gasteiger partial charge in [-0.1, -0.05) is 35.9 Å². The number of anilines is 1.